The lowest BCUT2D eigenvalue weighted by Gasteiger charge is -2.24. The van der Waals surface area contributed by atoms with Crippen LogP contribution in [-0.4, -0.2) is 32.2 Å². The van der Waals surface area contributed by atoms with Gasteiger partial charge in [0.1, 0.15) is 5.75 Å². The predicted molar refractivity (Wildman–Crippen MR) is 70.3 cm³/mol. The van der Waals surface area contributed by atoms with E-state index in [1.165, 1.54) is 23.5 Å². The summed E-state index contributed by atoms with van der Waals surface area (Å²) in [5.74, 6) is -0.226. The van der Waals surface area contributed by atoms with Gasteiger partial charge in [0, 0.05) is 19.2 Å². The molecule has 0 aromatic heterocycles. The number of ether oxygens (including phenoxy) is 1. The van der Waals surface area contributed by atoms with Gasteiger partial charge in [-0.25, -0.2) is 8.42 Å². The minimum atomic E-state index is -4.85. The molecule has 1 aromatic carbocycles. The number of sulfonamides is 1. The van der Waals surface area contributed by atoms with Gasteiger partial charge < -0.3 is 4.74 Å². The Labute approximate surface area is 121 Å². The highest BCUT2D eigenvalue weighted by Gasteiger charge is 2.36. The Morgan fingerprint density at radius 1 is 1.33 bits per heavy atom. The van der Waals surface area contributed by atoms with Crippen LogP contribution in [0.3, 0.4) is 0 Å². The highest BCUT2D eigenvalue weighted by atomic mass is 32.2. The molecule has 0 spiro atoms. The van der Waals surface area contributed by atoms with Crippen LogP contribution in [0.15, 0.2) is 29.2 Å². The Bertz CT molecular complexity index is 611. The van der Waals surface area contributed by atoms with Crippen molar-refractivity contribution in [3.63, 3.8) is 0 Å². The normalized spacial score (nSPS) is 17.8. The molecule has 0 N–H and O–H groups in total. The molecule has 0 aliphatic heterocycles. The van der Waals surface area contributed by atoms with E-state index in [2.05, 4.69) is 4.74 Å². The smallest absolute Gasteiger partial charge is 0.406 e. The van der Waals surface area contributed by atoms with E-state index in [4.69, 9.17) is 0 Å². The van der Waals surface area contributed by atoms with Gasteiger partial charge in [-0.2, -0.15) is 4.31 Å². The first-order valence-corrected chi connectivity index (χ1v) is 7.89. The van der Waals surface area contributed by atoms with E-state index in [0.717, 1.165) is 25.0 Å². The molecule has 1 atom stereocenters. The Balaban J connectivity index is 2.25. The van der Waals surface area contributed by atoms with Crippen molar-refractivity contribution in [2.45, 2.75) is 37.1 Å². The average molecular weight is 323 g/mol. The summed E-state index contributed by atoms with van der Waals surface area (Å²) in [5, 5.41) is 0. The van der Waals surface area contributed by atoms with Gasteiger partial charge >= 0.3 is 6.36 Å². The minimum Gasteiger partial charge on any atom is -0.406 e. The predicted octanol–water partition coefficient (Wildman–Crippen LogP) is 3.00. The van der Waals surface area contributed by atoms with Gasteiger partial charge in [0.25, 0.3) is 0 Å². The summed E-state index contributed by atoms with van der Waals surface area (Å²) in [5.41, 5.74) is 0. The van der Waals surface area contributed by atoms with Crippen LogP contribution >= 0.6 is 0 Å². The maximum atomic E-state index is 12.4. The Kier molecular flexibility index (Phi) is 4.21. The minimum absolute atomic E-state index is 0.179. The molecule has 1 aromatic rings. The van der Waals surface area contributed by atoms with Crippen molar-refractivity contribution in [2.75, 3.05) is 7.05 Å². The van der Waals surface area contributed by atoms with E-state index in [9.17, 15) is 21.6 Å². The van der Waals surface area contributed by atoms with Gasteiger partial charge in [-0.15, -0.1) is 13.2 Å². The maximum Gasteiger partial charge on any atom is 0.573 e. The van der Waals surface area contributed by atoms with Gasteiger partial charge in [0.15, 0.2) is 0 Å². The van der Waals surface area contributed by atoms with E-state index in [1.807, 2.05) is 0 Å². The Morgan fingerprint density at radius 3 is 2.48 bits per heavy atom. The standard InChI is InChI=1S/C13H16F3NO3S/c1-9(10-6-7-10)17(2)21(18,19)12-5-3-4-11(8-12)20-13(14,15)16/h3-5,8-10H,6-7H2,1-2H3. The Morgan fingerprint density at radius 2 is 1.95 bits per heavy atom. The van der Waals surface area contributed by atoms with Crippen LogP contribution < -0.4 is 4.74 Å². The molecule has 8 heteroatoms. The molecular formula is C13H16F3NO3S. The summed E-state index contributed by atoms with van der Waals surface area (Å²) in [6.45, 7) is 1.80. The third-order valence-corrected chi connectivity index (χ3v) is 5.53. The van der Waals surface area contributed by atoms with Crippen molar-refractivity contribution in [2.24, 2.45) is 5.92 Å². The summed E-state index contributed by atoms with van der Waals surface area (Å²) in [6, 6.07) is 4.26. The van der Waals surface area contributed by atoms with Crippen molar-refractivity contribution in [1.29, 1.82) is 0 Å². The second-order valence-electron chi connectivity index (χ2n) is 5.12. The van der Waals surface area contributed by atoms with Crippen molar-refractivity contribution < 1.29 is 26.3 Å². The van der Waals surface area contributed by atoms with Crippen molar-refractivity contribution >= 4 is 10.0 Å². The molecule has 1 unspecified atom stereocenters. The molecule has 0 bridgehead atoms. The zero-order chi connectivity index (χ0) is 15.8. The molecule has 1 saturated carbocycles. The molecule has 1 aliphatic carbocycles. The second-order valence-corrected chi connectivity index (χ2v) is 7.12. The van der Waals surface area contributed by atoms with Crippen LogP contribution in [-0.2, 0) is 10.0 Å². The largest absolute Gasteiger partial charge is 0.573 e. The molecule has 0 amide bonds. The van der Waals surface area contributed by atoms with Gasteiger partial charge in [-0.05, 0) is 37.8 Å². The summed E-state index contributed by atoms with van der Waals surface area (Å²) in [6.07, 6.45) is -2.91. The molecule has 0 saturated heterocycles. The molecule has 1 fully saturated rings. The van der Waals surface area contributed by atoms with Gasteiger partial charge in [0.05, 0.1) is 4.90 Å². The fraction of sp³-hybridized carbons (Fsp3) is 0.538. The van der Waals surface area contributed by atoms with Crippen LogP contribution in [0.5, 0.6) is 5.75 Å². The molecule has 0 radical (unpaired) electrons. The van der Waals surface area contributed by atoms with Crippen molar-refractivity contribution in [3.8, 4) is 5.75 Å². The molecule has 0 heterocycles. The van der Waals surface area contributed by atoms with Crippen LogP contribution in [0.25, 0.3) is 0 Å². The fourth-order valence-corrected chi connectivity index (χ4v) is 3.55. The number of hydrogen-bond donors (Lipinski definition) is 0. The second kappa shape index (κ2) is 5.49. The molecule has 4 nitrogen and oxygen atoms in total. The van der Waals surface area contributed by atoms with Gasteiger partial charge in [0.2, 0.25) is 10.0 Å². The van der Waals surface area contributed by atoms with E-state index >= 15 is 0 Å². The SMILES string of the molecule is CC(C1CC1)N(C)S(=O)(=O)c1cccc(OC(F)(F)F)c1. The summed E-state index contributed by atoms with van der Waals surface area (Å²) in [7, 11) is -2.40. The zero-order valence-electron chi connectivity index (χ0n) is 11.6. The van der Waals surface area contributed by atoms with Gasteiger partial charge in [-0.1, -0.05) is 6.07 Å². The first-order valence-electron chi connectivity index (χ1n) is 6.45. The van der Waals surface area contributed by atoms with Gasteiger partial charge in [-0.3, -0.25) is 0 Å². The molecule has 2 rings (SSSR count). The summed E-state index contributed by atoms with van der Waals surface area (Å²) in [4.78, 5) is -0.209. The molecular weight excluding hydrogens is 307 g/mol. The quantitative estimate of drug-likeness (QED) is 0.837. The number of benzene rings is 1. The average Bonchev–Trinajstić information content (AvgIpc) is 3.19. The lowest BCUT2D eigenvalue weighted by atomic mass is 10.2. The van der Waals surface area contributed by atoms with Crippen LogP contribution in [0, 0.1) is 5.92 Å². The first-order chi connectivity index (χ1) is 9.61. The fourth-order valence-electron chi connectivity index (χ4n) is 2.09. The van der Waals surface area contributed by atoms with Crippen LogP contribution in [0.2, 0.25) is 0 Å². The van der Waals surface area contributed by atoms with Crippen molar-refractivity contribution in [3.05, 3.63) is 24.3 Å². The molecule has 118 valence electrons. The third-order valence-electron chi connectivity index (χ3n) is 3.59. The number of halogens is 3. The van der Waals surface area contributed by atoms with E-state index in [0.29, 0.717) is 5.92 Å². The van der Waals surface area contributed by atoms with E-state index < -0.39 is 22.1 Å². The maximum absolute atomic E-state index is 12.4. The van der Waals surface area contributed by atoms with Crippen LogP contribution in [0.1, 0.15) is 19.8 Å². The summed E-state index contributed by atoms with van der Waals surface area (Å²) < 4.78 is 66.4. The molecule has 1 aliphatic rings. The first kappa shape index (κ1) is 16.1. The highest BCUT2D eigenvalue weighted by molar-refractivity contribution is 7.89. The monoisotopic (exact) mass is 323 g/mol. The zero-order valence-corrected chi connectivity index (χ0v) is 12.4. The number of rotatable bonds is 5. The van der Waals surface area contributed by atoms with Crippen molar-refractivity contribution in [1.82, 2.24) is 4.31 Å². The summed E-state index contributed by atoms with van der Waals surface area (Å²) >= 11 is 0. The lowest BCUT2D eigenvalue weighted by Crippen LogP contribution is -2.36. The highest BCUT2D eigenvalue weighted by Crippen LogP contribution is 2.36. The van der Waals surface area contributed by atoms with E-state index in [-0.39, 0.29) is 10.9 Å². The van der Waals surface area contributed by atoms with E-state index in [1.54, 1.807) is 6.92 Å². The number of nitrogens with zero attached hydrogens (tertiary/aromatic N) is 1. The number of alkyl halides is 3. The lowest BCUT2D eigenvalue weighted by molar-refractivity contribution is -0.274. The topological polar surface area (TPSA) is 46.6 Å². The number of hydrogen-bond acceptors (Lipinski definition) is 3. The third kappa shape index (κ3) is 3.88. The molecule has 21 heavy (non-hydrogen) atoms. The Hall–Kier alpha value is -1.28. The van der Waals surface area contributed by atoms with Crippen LogP contribution in [0.4, 0.5) is 13.2 Å².